The molecule has 4 rings (SSSR count). The second-order valence-electron chi connectivity index (χ2n) is 9.10. The van der Waals surface area contributed by atoms with Gasteiger partial charge in [-0.25, -0.2) is 4.79 Å². The first-order valence-electron chi connectivity index (χ1n) is 12.5. The number of carbonyl (C=O) groups is 3. The van der Waals surface area contributed by atoms with Crippen molar-refractivity contribution in [2.75, 3.05) is 13.2 Å². The van der Waals surface area contributed by atoms with Crippen LogP contribution in [0.5, 0.6) is 0 Å². The van der Waals surface area contributed by atoms with Crippen LogP contribution >= 0.6 is 0 Å². The van der Waals surface area contributed by atoms with E-state index in [1.165, 1.54) is 0 Å². The molecule has 0 aliphatic heterocycles. The van der Waals surface area contributed by atoms with Crippen LogP contribution in [-0.4, -0.2) is 37.0 Å². The summed E-state index contributed by atoms with van der Waals surface area (Å²) >= 11 is 0. The average Bonchev–Trinajstić information content (AvgIpc) is 3.63. The van der Waals surface area contributed by atoms with Gasteiger partial charge in [-0.05, 0) is 106 Å². The smallest absolute Gasteiger partial charge is 0.464 e. The molecule has 0 spiro atoms. The van der Waals surface area contributed by atoms with Crippen molar-refractivity contribution >= 4 is 28.6 Å². The van der Waals surface area contributed by atoms with E-state index in [1.54, 1.807) is 19.1 Å². The van der Waals surface area contributed by atoms with E-state index >= 15 is 0 Å². The largest absolute Gasteiger partial charge is 2.00 e. The summed E-state index contributed by atoms with van der Waals surface area (Å²) in [6.07, 6.45) is 18.6. The molecule has 0 aromatic heterocycles. The van der Waals surface area contributed by atoms with E-state index in [0.717, 1.165) is 22.3 Å². The summed E-state index contributed by atoms with van der Waals surface area (Å²) in [5.41, 5.74) is 1.59. The Kier molecular flexibility index (Phi) is 13.9. The number of esters is 1. The molecule has 6 nitrogen and oxygen atoms in total. The number of amides is 2. The minimum Gasteiger partial charge on any atom is -0.464 e. The molecule has 2 aliphatic rings. The van der Waals surface area contributed by atoms with E-state index in [0.29, 0.717) is 12.0 Å². The number of hydrogen-bond donors (Lipinski definition) is 2. The van der Waals surface area contributed by atoms with Crippen molar-refractivity contribution in [1.29, 1.82) is 0 Å². The number of benzene rings is 2. The van der Waals surface area contributed by atoms with Gasteiger partial charge in [-0.15, -0.1) is 0 Å². The van der Waals surface area contributed by atoms with Gasteiger partial charge in [0.1, 0.15) is 6.04 Å². The van der Waals surface area contributed by atoms with Gasteiger partial charge in [0.25, 0.3) is 5.91 Å². The van der Waals surface area contributed by atoms with E-state index in [9.17, 15) is 14.4 Å². The minimum absolute atomic E-state index is 0. The Labute approximate surface area is 238 Å². The summed E-state index contributed by atoms with van der Waals surface area (Å²) in [7, 11) is 0. The van der Waals surface area contributed by atoms with Crippen LogP contribution in [0.2, 0.25) is 0 Å². The first kappa shape index (κ1) is 31.8. The van der Waals surface area contributed by atoms with Crippen molar-refractivity contribution in [3.05, 3.63) is 111 Å². The number of nitrogens with one attached hydrogen (secondary N) is 2. The summed E-state index contributed by atoms with van der Waals surface area (Å²) in [4.78, 5) is 36.9. The van der Waals surface area contributed by atoms with Crippen molar-refractivity contribution in [3.8, 4) is 0 Å². The van der Waals surface area contributed by atoms with Crippen molar-refractivity contribution < 1.29 is 36.2 Å². The first-order valence-corrected chi connectivity index (χ1v) is 12.5. The molecule has 198 valence electrons. The zero-order valence-electron chi connectivity index (χ0n) is 21.9. The summed E-state index contributed by atoms with van der Waals surface area (Å²) < 4.78 is 5.03. The van der Waals surface area contributed by atoms with E-state index < -0.39 is 17.9 Å². The van der Waals surface area contributed by atoms with E-state index in [1.807, 2.05) is 77.0 Å². The van der Waals surface area contributed by atoms with Gasteiger partial charge in [0.2, 0.25) is 5.91 Å². The molecule has 38 heavy (non-hydrogen) atoms. The summed E-state index contributed by atoms with van der Waals surface area (Å²) in [6.45, 7) is 5.67. The molecule has 7 heteroatoms. The van der Waals surface area contributed by atoms with Crippen molar-refractivity contribution in [2.45, 2.75) is 33.2 Å². The Morgan fingerprint density at radius 3 is 2.05 bits per heavy atom. The summed E-state index contributed by atoms with van der Waals surface area (Å²) in [6, 6.07) is 10.8. The molecule has 2 aliphatic carbocycles. The Morgan fingerprint density at radius 2 is 1.45 bits per heavy atom. The van der Waals surface area contributed by atoms with Gasteiger partial charge in [0.15, 0.2) is 0 Å². The van der Waals surface area contributed by atoms with Crippen LogP contribution in [-0.2, 0) is 31.4 Å². The van der Waals surface area contributed by atoms with Crippen LogP contribution in [0.1, 0.15) is 43.1 Å². The molecule has 0 unspecified atom stereocenters. The van der Waals surface area contributed by atoms with Crippen molar-refractivity contribution in [2.24, 2.45) is 5.92 Å². The molecule has 2 aromatic carbocycles. The number of ether oxygens (including phenoxy) is 1. The standard InChI is InChI=1S/C26H29N2O4.C5H5.Fe/c1-4-32-26(31)23(13-17(2)3)28-24(29)16-27-25(30)22-12-11-20-14-19(9-10-21(20)15-22)18-7-5-6-8-18;1-2-4-5-3-1;/h5-12,14-15,17,23H,4,13,16H2,1-3H3,(H,27,30)(H,28,29);1-5H;/q;;+2/t23-;;/m0../s1. The quantitative estimate of drug-likeness (QED) is 0.355. The molecule has 0 bridgehead atoms. The van der Waals surface area contributed by atoms with Gasteiger partial charge < -0.3 is 15.4 Å². The number of rotatable bonds is 9. The molecule has 2 aromatic rings. The maximum Gasteiger partial charge on any atom is 2.00 e. The maximum absolute atomic E-state index is 12.6. The molecular weight excluding hydrogens is 520 g/mol. The first-order chi connectivity index (χ1) is 17.9. The van der Waals surface area contributed by atoms with Gasteiger partial charge in [-0.2, -0.15) is 0 Å². The topological polar surface area (TPSA) is 84.5 Å². The van der Waals surface area contributed by atoms with Gasteiger partial charge in [0.05, 0.1) is 13.2 Å². The fourth-order valence-electron chi connectivity index (χ4n) is 3.89. The monoisotopic (exact) mass is 554 g/mol. The van der Waals surface area contributed by atoms with Crippen molar-refractivity contribution in [3.63, 3.8) is 0 Å². The molecule has 10 radical (unpaired) electrons. The second kappa shape index (κ2) is 16.6. The predicted molar refractivity (Wildman–Crippen MR) is 145 cm³/mol. The van der Waals surface area contributed by atoms with Crippen LogP contribution in [0, 0.1) is 69.6 Å². The Bertz CT molecular complexity index is 1040. The van der Waals surface area contributed by atoms with Crippen LogP contribution in [0.4, 0.5) is 0 Å². The van der Waals surface area contributed by atoms with Crippen LogP contribution < -0.4 is 10.6 Å². The molecular formula is C31H34FeN2O4+2. The van der Waals surface area contributed by atoms with Gasteiger partial charge in [-0.3, -0.25) is 9.59 Å². The Balaban J connectivity index is 0.000000756. The molecule has 1 atom stereocenters. The van der Waals surface area contributed by atoms with E-state index in [2.05, 4.69) is 29.5 Å². The molecule has 0 saturated heterocycles. The van der Waals surface area contributed by atoms with E-state index in [-0.39, 0.29) is 42.0 Å². The number of hydrogen-bond acceptors (Lipinski definition) is 4. The molecule has 2 N–H and O–H groups in total. The fraction of sp³-hybridized carbons (Fsp3) is 0.258. The van der Waals surface area contributed by atoms with Crippen LogP contribution in [0.25, 0.3) is 10.8 Å². The number of carbonyl (C=O) groups excluding carboxylic acids is 3. The average molecular weight is 554 g/mol. The normalized spacial score (nSPS) is 15.8. The molecule has 2 saturated carbocycles. The van der Waals surface area contributed by atoms with E-state index in [4.69, 9.17) is 4.74 Å². The van der Waals surface area contributed by atoms with Gasteiger partial charge in [0, 0.05) is 11.5 Å². The maximum atomic E-state index is 12.6. The summed E-state index contributed by atoms with van der Waals surface area (Å²) in [5.74, 6) is 0.113. The van der Waals surface area contributed by atoms with Gasteiger partial charge >= 0.3 is 23.0 Å². The fourth-order valence-corrected chi connectivity index (χ4v) is 3.89. The number of fused-ring (bicyclic) bond motifs is 1. The van der Waals surface area contributed by atoms with Gasteiger partial charge in [-0.1, -0.05) is 38.1 Å². The zero-order chi connectivity index (χ0) is 26.6. The Morgan fingerprint density at radius 1 is 0.842 bits per heavy atom. The SMILES string of the molecule is CCOC(=O)[C@H](CC(C)C)NC(=O)CNC(=O)c1ccc2cc([C]3[CH][CH][CH][CH]3)ccc2c1.[CH]1[CH][CH][CH][CH]1.[Fe+2]. The predicted octanol–water partition coefficient (Wildman–Crippen LogP) is 4.44. The van der Waals surface area contributed by atoms with Crippen LogP contribution in [0.15, 0.2) is 36.4 Å². The summed E-state index contributed by atoms with van der Waals surface area (Å²) in [5, 5.41) is 7.26. The molecule has 2 fully saturated rings. The second-order valence-corrected chi connectivity index (χ2v) is 9.10. The minimum atomic E-state index is -0.725. The third-order valence-electron chi connectivity index (χ3n) is 5.68. The third kappa shape index (κ3) is 10.1. The third-order valence-corrected chi connectivity index (χ3v) is 5.68. The zero-order valence-corrected chi connectivity index (χ0v) is 23.0. The van der Waals surface area contributed by atoms with Crippen LogP contribution in [0.3, 0.4) is 0 Å². The van der Waals surface area contributed by atoms with Crippen molar-refractivity contribution in [1.82, 2.24) is 10.6 Å². The Hall–Kier alpha value is -2.37. The molecule has 0 heterocycles. The molecule has 2 amide bonds.